The molecule has 33 heavy (non-hydrogen) atoms. The zero-order valence-corrected chi connectivity index (χ0v) is 18.9. The van der Waals surface area contributed by atoms with Gasteiger partial charge in [-0.05, 0) is 50.1 Å². The summed E-state index contributed by atoms with van der Waals surface area (Å²) in [5.74, 6) is -1.78. The maximum atomic E-state index is 12.9. The molecule has 1 heterocycles. The number of hydrogen-bond donors (Lipinski definition) is 2. The van der Waals surface area contributed by atoms with E-state index in [1.165, 1.54) is 18.2 Å². The predicted molar refractivity (Wildman–Crippen MR) is 125 cm³/mol. The molecule has 0 bridgehead atoms. The summed E-state index contributed by atoms with van der Waals surface area (Å²) in [6.45, 7) is 5.24. The van der Waals surface area contributed by atoms with Crippen LogP contribution in [0.5, 0.6) is 0 Å². The fourth-order valence-corrected chi connectivity index (χ4v) is 4.20. The summed E-state index contributed by atoms with van der Waals surface area (Å²) in [4.78, 5) is 48.9. The van der Waals surface area contributed by atoms with Crippen molar-refractivity contribution < 1.29 is 24.0 Å². The Kier molecular flexibility index (Phi) is 7.19. The Bertz CT molecular complexity index is 1250. The van der Waals surface area contributed by atoms with Gasteiger partial charge in [0.05, 0.1) is 22.0 Å². The van der Waals surface area contributed by atoms with Crippen molar-refractivity contribution in [2.75, 3.05) is 17.2 Å². The average molecular weight is 468 g/mol. The lowest BCUT2D eigenvalue weighted by Crippen LogP contribution is -2.15. The first-order chi connectivity index (χ1) is 15.7. The van der Waals surface area contributed by atoms with Crippen LogP contribution in [0.3, 0.4) is 0 Å². The van der Waals surface area contributed by atoms with Gasteiger partial charge in [-0.3, -0.25) is 19.7 Å². The smallest absolute Gasteiger partial charge is 0.341 e. The lowest BCUT2D eigenvalue weighted by Gasteiger charge is -2.07. The molecule has 3 aromatic rings. The number of aryl methyl sites for hydroxylation is 1. The topological polar surface area (TPSA) is 128 Å². The van der Waals surface area contributed by atoms with Gasteiger partial charge in [0.25, 0.3) is 17.5 Å². The number of anilines is 2. The molecule has 0 radical (unpaired) electrons. The van der Waals surface area contributed by atoms with Crippen LogP contribution in [0.1, 0.15) is 48.4 Å². The van der Waals surface area contributed by atoms with E-state index in [2.05, 4.69) is 10.6 Å². The van der Waals surface area contributed by atoms with Crippen LogP contribution in [-0.2, 0) is 4.74 Å². The Labute approximate surface area is 193 Å². The summed E-state index contributed by atoms with van der Waals surface area (Å²) < 4.78 is 5.11. The molecule has 0 aliphatic carbocycles. The van der Waals surface area contributed by atoms with Crippen LogP contribution >= 0.6 is 11.3 Å². The highest BCUT2D eigenvalue weighted by Gasteiger charge is 2.27. The van der Waals surface area contributed by atoms with Gasteiger partial charge in [-0.1, -0.05) is 18.2 Å². The third kappa shape index (κ3) is 5.42. The van der Waals surface area contributed by atoms with Crippen LogP contribution < -0.4 is 10.6 Å². The number of carbonyl (C=O) groups is 3. The van der Waals surface area contributed by atoms with E-state index in [4.69, 9.17) is 4.74 Å². The van der Waals surface area contributed by atoms with Crippen LogP contribution in [-0.4, -0.2) is 29.3 Å². The lowest BCUT2D eigenvalue weighted by atomic mass is 10.1. The minimum absolute atomic E-state index is 0.0378. The van der Waals surface area contributed by atoms with Gasteiger partial charge in [-0.2, -0.15) is 0 Å². The molecular formula is C23H21N3O6S. The molecule has 2 aromatic carbocycles. The largest absolute Gasteiger partial charge is 0.462 e. The van der Waals surface area contributed by atoms with Crippen LogP contribution in [0.4, 0.5) is 16.4 Å². The van der Waals surface area contributed by atoms with Crippen molar-refractivity contribution in [3.8, 4) is 0 Å². The predicted octanol–water partition coefficient (Wildman–Crippen LogP) is 4.95. The number of nitrogens with zero attached hydrogens (tertiary/aromatic N) is 1. The average Bonchev–Trinajstić information content (AvgIpc) is 3.09. The number of carbonyl (C=O) groups excluding carboxylic acids is 3. The first kappa shape index (κ1) is 23.6. The number of nitro groups is 1. The standard InChI is InChI=1S/C23H21N3O6S/c1-4-32-23(29)18-14(3)19(21(28)24-16-9-5-7-13(2)11-16)33-22(18)25-20(27)15-8-6-10-17(12-15)26(30)31/h5-12H,4H2,1-3H3,(H,24,28)(H,25,27). The molecular weight excluding hydrogens is 446 g/mol. The number of esters is 1. The summed E-state index contributed by atoms with van der Waals surface area (Å²) in [7, 11) is 0. The van der Waals surface area contributed by atoms with E-state index >= 15 is 0 Å². The number of nitro benzene ring substituents is 1. The Balaban J connectivity index is 1.95. The zero-order valence-electron chi connectivity index (χ0n) is 18.1. The quantitative estimate of drug-likeness (QED) is 0.287. The number of ether oxygens (including phenoxy) is 1. The molecule has 10 heteroatoms. The molecule has 0 saturated carbocycles. The monoisotopic (exact) mass is 467 g/mol. The highest BCUT2D eigenvalue weighted by atomic mass is 32.1. The molecule has 1 aromatic heterocycles. The van der Waals surface area contributed by atoms with E-state index in [0.29, 0.717) is 11.3 Å². The highest BCUT2D eigenvalue weighted by Crippen LogP contribution is 2.35. The third-order valence-corrected chi connectivity index (χ3v) is 5.86. The van der Waals surface area contributed by atoms with Gasteiger partial charge in [0.2, 0.25) is 0 Å². The number of thiophene rings is 1. The van der Waals surface area contributed by atoms with Gasteiger partial charge >= 0.3 is 5.97 Å². The minimum Gasteiger partial charge on any atom is -0.462 e. The number of rotatable bonds is 7. The molecule has 2 N–H and O–H groups in total. The molecule has 2 amide bonds. The van der Waals surface area contributed by atoms with E-state index in [1.54, 1.807) is 32.0 Å². The molecule has 170 valence electrons. The van der Waals surface area contributed by atoms with Crippen molar-refractivity contribution in [3.05, 3.63) is 85.8 Å². The molecule has 0 unspecified atom stereocenters. The van der Waals surface area contributed by atoms with Crippen LogP contribution in [0.25, 0.3) is 0 Å². The van der Waals surface area contributed by atoms with E-state index in [1.807, 2.05) is 13.0 Å². The second-order valence-corrected chi connectivity index (χ2v) is 8.09. The minimum atomic E-state index is -0.685. The number of hydrogen-bond acceptors (Lipinski definition) is 7. The Morgan fingerprint density at radius 2 is 1.76 bits per heavy atom. The summed E-state index contributed by atoms with van der Waals surface area (Å²) >= 11 is 0.927. The maximum Gasteiger partial charge on any atom is 0.341 e. The number of amides is 2. The third-order valence-electron chi connectivity index (χ3n) is 4.65. The molecule has 0 aliphatic heterocycles. The van der Waals surface area contributed by atoms with Gasteiger partial charge in [0.1, 0.15) is 5.00 Å². The van der Waals surface area contributed by atoms with E-state index < -0.39 is 22.7 Å². The van der Waals surface area contributed by atoms with Crippen molar-refractivity contribution in [1.29, 1.82) is 0 Å². The number of benzene rings is 2. The normalized spacial score (nSPS) is 10.4. The summed E-state index contributed by atoms with van der Waals surface area (Å²) in [5, 5.41) is 16.5. The van der Waals surface area contributed by atoms with E-state index in [9.17, 15) is 24.5 Å². The number of nitrogens with one attached hydrogen (secondary N) is 2. The van der Waals surface area contributed by atoms with Crippen LogP contribution in [0, 0.1) is 24.0 Å². The fraction of sp³-hybridized carbons (Fsp3) is 0.174. The Morgan fingerprint density at radius 3 is 2.42 bits per heavy atom. The van der Waals surface area contributed by atoms with Crippen molar-refractivity contribution in [2.24, 2.45) is 0 Å². The molecule has 3 rings (SSSR count). The lowest BCUT2D eigenvalue weighted by molar-refractivity contribution is -0.384. The van der Waals surface area contributed by atoms with Crippen molar-refractivity contribution >= 4 is 45.5 Å². The molecule has 0 saturated heterocycles. The van der Waals surface area contributed by atoms with Gasteiger partial charge in [-0.15, -0.1) is 11.3 Å². The molecule has 0 atom stereocenters. The Morgan fingerprint density at radius 1 is 1.03 bits per heavy atom. The van der Waals surface area contributed by atoms with Gasteiger partial charge in [0.15, 0.2) is 0 Å². The van der Waals surface area contributed by atoms with Crippen molar-refractivity contribution in [2.45, 2.75) is 20.8 Å². The first-order valence-electron chi connectivity index (χ1n) is 9.95. The molecule has 9 nitrogen and oxygen atoms in total. The molecule has 0 aliphatic rings. The maximum absolute atomic E-state index is 12.9. The Hall–Kier alpha value is -4.05. The van der Waals surface area contributed by atoms with Gasteiger partial charge < -0.3 is 15.4 Å². The van der Waals surface area contributed by atoms with Crippen molar-refractivity contribution in [3.63, 3.8) is 0 Å². The second-order valence-electron chi connectivity index (χ2n) is 7.07. The van der Waals surface area contributed by atoms with Crippen molar-refractivity contribution in [1.82, 2.24) is 0 Å². The molecule has 0 fully saturated rings. The van der Waals surface area contributed by atoms with Crippen LogP contribution in [0.15, 0.2) is 48.5 Å². The SMILES string of the molecule is CCOC(=O)c1c(NC(=O)c2cccc([N+](=O)[O-])c2)sc(C(=O)Nc2cccc(C)c2)c1C. The zero-order chi connectivity index (χ0) is 24.1. The fourth-order valence-electron chi connectivity index (χ4n) is 3.11. The highest BCUT2D eigenvalue weighted by molar-refractivity contribution is 7.19. The van der Waals surface area contributed by atoms with Gasteiger partial charge in [-0.25, -0.2) is 4.79 Å². The van der Waals surface area contributed by atoms with E-state index in [0.717, 1.165) is 23.0 Å². The molecule has 0 spiro atoms. The second kappa shape index (κ2) is 10.0. The summed E-state index contributed by atoms with van der Waals surface area (Å²) in [6, 6.07) is 12.4. The summed E-state index contributed by atoms with van der Waals surface area (Å²) in [6.07, 6.45) is 0. The first-order valence-corrected chi connectivity index (χ1v) is 10.8. The van der Waals surface area contributed by atoms with Crippen LogP contribution in [0.2, 0.25) is 0 Å². The summed E-state index contributed by atoms with van der Waals surface area (Å²) in [5.41, 5.74) is 1.78. The van der Waals surface area contributed by atoms with Gasteiger partial charge in [0, 0.05) is 23.4 Å². The van der Waals surface area contributed by atoms with E-state index in [-0.39, 0.29) is 33.3 Å². The number of non-ortho nitro benzene ring substituents is 1.